The molecule has 0 N–H and O–H groups in total. The lowest BCUT2D eigenvalue weighted by Crippen LogP contribution is -2.32. The average Bonchev–Trinajstić information content (AvgIpc) is 3.34. The molecule has 2 aliphatic carbocycles. The molecule has 3 fully saturated rings. The fraction of sp³-hybridized carbons (Fsp3) is 0.591. The molecular weight excluding hydrogens is 342 g/mol. The van der Waals surface area contributed by atoms with E-state index in [0.29, 0.717) is 29.7 Å². The zero-order valence-corrected chi connectivity index (χ0v) is 15.9. The maximum Gasteiger partial charge on any atom is 0.311 e. The Morgan fingerprint density at radius 3 is 2.22 bits per heavy atom. The molecule has 5 heteroatoms. The second-order valence-corrected chi connectivity index (χ2v) is 8.18. The van der Waals surface area contributed by atoms with Gasteiger partial charge in [0.15, 0.2) is 0 Å². The van der Waals surface area contributed by atoms with E-state index in [1.54, 1.807) is 24.3 Å². The molecule has 27 heavy (non-hydrogen) atoms. The maximum atomic E-state index is 12.8. The van der Waals surface area contributed by atoms with Gasteiger partial charge in [-0.1, -0.05) is 26.2 Å². The number of rotatable bonds is 7. The summed E-state index contributed by atoms with van der Waals surface area (Å²) in [4.78, 5) is 38.9. The van der Waals surface area contributed by atoms with Crippen molar-refractivity contribution >= 4 is 23.5 Å². The molecular formula is C22H27NO4. The van der Waals surface area contributed by atoms with Gasteiger partial charge in [-0.05, 0) is 61.8 Å². The molecule has 1 saturated heterocycles. The SMILES string of the molecule is CCCCCCC(=O)Oc1ccc(N2C(=O)[C@H]3[C@@H]4CC[C@@H](C4)[C@@H]3C2=O)cc1. The first kappa shape index (κ1) is 18.2. The van der Waals surface area contributed by atoms with Crippen molar-refractivity contribution in [3.8, 4) is 5.75 Å². The lowest BCUT2D eigenvalue weighted by molar-refractivity contribution is -0.134. The number of benzene rings is 1. The Labute approximate surface area is 160 Å². The molecule has 0 unspecified atom stereocenters. The van der Waals surface area contributed by atoms with Gasteiger partial charge in [-0.2, -0.15) is 0 Å². The first-order valence-electron chi connectivity index (χ1n) is 10.3. The van der Waals surface area contributed by atoms with Crippen molar-refractivity contribution in [2.75, 3.05) is 4.90 Å². The summed E-state index contributed by atoms with van der Waals surface area (Å²) in [6.07, 6.45) is 7.74. The fourth-order valence-corrected chi connectivity index (χ4v) is 5.21. The van der Waals surface area contributed by atoms with Crippen LogP contribution < -0.4 is 9.64 Å². The van der Waals surface area contributed by atoms with Gasteiger partial charge in [0.05, 0.1) is 17.5 Å². The minimum Gasteiger partial charge on any atom is -0.427 e. The van der Waals surface area contributed by atoms with Crippen LogP contribution in [-0.4, -0.2) is 17.8 Å². The van der Waals surface area contributed by atoms with E-state index in [9.17, 15) is 14.4 Å². The Morgan fingerprint density at radius 1 is 1.00 bits per heavy atom. The van der Waals surface area contributed by atoms with E-state index in [-0.39, 0.29) is 29.6 Å². The Kier molecular flexibility index (Phi) is 5.02. The number of unbranched alkanes of at least 4 members (excludes halogenated alkanes) is 3. The molecule has 0 radical (unpaired) electrons. The highest BCUT2D eigenvalue weighted by molar-refractivity contribution is 6.22. The van der Waals surface area contributed by atoms with Crippen LogP contribution in [0.25, 0.3) is 0 Å². The van der Waals surface area contributed by atoms with E-state index in [1.165, 1.54) is 4.90 Å². The summed E-state index contributed by atoms with van der Waals surface area (Å²) < 4.78 is 5.36. The number of nitrogens with zero attached hydrogens (tertiary/aromatic N) is 1. The minimum absolute atomic E-state index is 0.0436. The van der Waals surface area contributed by atoms with Crippen molar-refractivity contribution in [1.29, 1.82) is 0 Å². The highest BCUT2D eigenvalue weighted by Crippen LogP contribution is 2.56. The first-order chi connectivity index (χ1) is 13.1. The molecule has 0 spiro atoms. The third-order valence-electron chi connectivity index (χ3n) is 6.49. The van der Waals surface area contributed by atoms with Crippen molar-refractivity contribution < 1.29 is 19.1 Å². The molecule has 1 heterocycles. The fourth-order valence-electron chi connectivity index (χ4n) is 5.21. The number of esters is 1. The monoisotopic (exact) mass is 369 g/mol. The number of carbonyl (C=O) groups excluding carboxylic acids is 3. The molecule has 5 nitrogen and oxygen atoms in total. The van der Waals surface area contributed by atoms with Crippen LogP contribution in [0.4, 0.5) is 5.69 Å². The second kappa shape index (κ2) is 7.45. The third-order valence-corrected chi connectivity index (χ3v) is 6.49. The average molecular weight is 369 g/mol. The highest BCUT2D eigenvalue weighted by atomic mass is 16.5. The number of fused-ring (bicyclic) bond motifs is 5. The summed E-state index contributed by atoms with van der Waals surface area (Å²) in [6, 6.07) is 6.75. The van der Waals surface area contributed by atoms with Crippen molar-refractivity contribution in [2.45, 2.75) is 58.3 Å². The standard InChI is InChI=1S/C22H27NO4/c1-2-3-4-5-6-18(24)27-17-11-9-16(10-12-17)23-21(25)19-14-7-8-15(13-14)20(19)22(23)26/h9-12,14-15,19-20H,2-8,13H2,1H3/t14-,15+,19-,20-/m0/s1. The molecule has 4 rings (SSSR count). The predicted molar refractivity (Wildman–Crippen MR) is 101 cm³/mol. The van der Waals surface area contributed by atoms with Gasteiger partial charge in [0.1, 0.15) is 5.75 Å². The zero-order valence-electron chi connectivity index (χ0n) is 15.9. The zero-order chi connectivity index (χ0) is 19.0. The predicted octanol–water partition coefficient (Wildman–Crippen LogP) is 4.10. The Balaban J connectivity index is 1.39. The number of amides is 2. The Bertz CT molecular complexity index is 713. The smallest absolute Gasteiger partial charge is 0.311 e. The van der Waals surface area contributed by atoms with Gasteiger partial charge in [0.2, 0.25) is 11.8 Å². The van der Waals surface area contributed by atoms with Crippen molar-refractivity contribution in [1.82, 2.24) is 0 Å². The van der Waals surface area contributed by atoms with E-state index in [4.69, 9.17) is 4.74 Å². The number of ether oxygens (including phenoxy) is 1. The van der Waals surface area contributed by atoms with Crippen LogP contribution in [0.5, 0.6) is 5.75 Å². The van der Waals surface area contributed by atoms with Crippen LogP contribution in [-0.2, 0) is 14.4 Å². The van der Waals surface area contributed by atoms with Crippen LogP contribution in [0.15, 0.2) is 24.3 Å². The maximum absolute atomic E-state index is 12.8. The third kappa shape index (κ3) is 3.28. The molecule has 0 aromatic heterocycles. The van der Waals surface area contributed by atoms with Crippen molar-refractivity contribution in [2.24, 2.45) is 23.7 Å². The van der Waals surface area contributed by atoms with Crippen molar-refractivity contribution in [3.05, 3.63) is 24.3 Å². The topological polar surface area (TPSA) is 63.7 Å². The van der Waals surface area contributed by atoms with E-state index < -0.39 is 0 Å². The van der Waals surface area contributed by atoms with Gasteiger partial charge in [-0.3, -0.25) is 19.3 Å². The Morgan fingerprint density at radius 2 is 1.63 bits per heavy atom. The number of hydrogen-bond donors (Lipinski definition) is 0. The van der Waals surface area contributed by atoms with Gasteiger partial charge in [0, 0.05) is 6.42 Å². The number of anilines is 1. The van der Waals surface area contributed by atoms with Crippen LogP contribution in [0.3, 0.4) is 0 Å². The van der Waals surface area contributed by atoms with Gasteiger partial charge < -0.3 is 4.74 Å². The minimum atomic E-state index is -0.238. The quantitative estimate of drug-likeness (QED) is 0.314. The van der Waals surface area contributed by atoms with Crippen LogP contribution in [0.1, 0.15) is 58.3 Å². The molecule has 2 amide bonds. The van der Waals surface area contributed by atoms with Crippen LogP contribution in [0.2, 0.25) is 0 Å². The number of imide groups is 1. The van der Waals surface area contributed by atoms with E-state index in [0.717, 1.165) is 44.9 Å². The first-order valence-corrected chi connectivity index (χ1v) is 10.3. The molecule has 1 aromatic rings. The molecule has 1 aliphatic heterocycles. The normalized spacial score (nSPS) is 28.7. The summed E-state index contributed by atoms with van der Waals surface area (Å²) in [5.74, 6) is 0.671. The summed E-state index contributed by atoms with van der Waals surface area (Å²) in [5.41, 5.74) is 0.585. The lowest BCUT2D eigenvalue weighted by atomic mass is 9.81. The van der Waals surface area contributed by atoms with E-state index in [1.807, 2.05) is 0 Å². The second-order valence-electron chi connectivity index (χ2n) is 8.18. The lowest BCUT2D eigenvalue weighted by Gasteiger charge is -2.19. The summed E-state index contributed by atoms with van der Waals surface area (Å²) in [6.45, 7) is 2.13. The molecule has 2 bridgehead atoms. The van der Waals surface area contributed by atoms with Crippen LogP contribution in [0, 0.1) is 23.7 Å². The van der Waals surface area contributed by atoms with Gasteiger partial charge >= 0.3 is 5.97 Å². The van der Waals surface area contributed by atoms with Gasteiger partial charge in [-0.15, -0.1) is 0 Å². The largest absolute Gasteiger partial charge is 0.427 e. The number of hydrogen-bond acceptors (Lipinski definition) is 4. The molecule has 3 aliphatic rings. The summed E-state index contributed by atoms with van der Waals surface area (Å²) in [5, 5.41) is 0. The molecule has 2 saturated carbocycles. The van der Waals surface area contributed by atoms with Gasteiger partial charge in [-0.25, -0.2) is 0 Å². The summed E-state index contributed by atoms with van der Waals surface area (Å²) >= 11 is 0. The van der Waals surface area contributed by atoms with Crippen molar-refractivity contribution in [3.63, 3.8) is 0 Å². The van der Waals surface area contributed by atoms with Gasteiger partial charge in [0.25, 0.3) is 0 Å². The molecule has 1 aromatic carbocycles. The Hall–Kier alpha value is -2.17. The van der Waals surface area contributed by atoms with Crippen LogP contribution >= 0.6 is 0 Å². The number of carbonyl (C=O) groups is 3. The van der Waals surface area contributed by atoms with E-state index >= 15 is 0 Å². The highest BCUT2D eigenvalue weighted by Gasteiger charge is 2.61. The molecule has 144 valence electrons. The molecule has 4 atom stereocenters. The van der Waals surface area contributed by atoms with E-state index in [2.05, 4.69) is 6.92 Å². The summed E-state index contributed by atoms with van der Waals surface area (Å²) in [7, 11) is 0.